The van der Waals surface area contributed by atoms with E-state index in [1.54, 1.807) is 4.57 Å². The summed E-state index contributed by atoms with van der Waals surface area (Å²) in [4.78, 5) is 30.1. The summed E-state index contributed by atoms with van der Waals surface area (Å²) < 4.78 is 3.06. The Labute approximate surface area is 103 Å². The molecule has 0 amide bonds. The number of aryl methyl sites for hydroxylation is 1. The van der Waals surface area contributed by atoms with Gasteiger partial charge in [0.25, 0.3) is 5.56 Å². The Kier molecular flexibility index (Phi) is 2.98. The maximum atomic E-state index is 11.8. The molecule has 0 bridgehead atoms. The van der Waals surface area contributed by atoms with Crippen molar-refractivity contribution in [2.75, 3.05) is 5.73 Å². The van der Waals surface area contributed by atoms with Crippen molar-refractivity contribution in [1.82, 2.24) is 19.1 Å². The quantitative estimate of drug-likeness (QED) is 0.810. The summed E-state index contributed by atoms with van der Waals surface area (Å²) >= 11 is 0. The van der Waals surface area contributed by atoms with E-state index in [2.05, 4.69) is 9.97 Å². The lowest BCUT2D eigenvalue weighted by molar-refractivity contribution is 0.513. The maximum absolute atomic E-state index is 11.8. The van der Waals surface area contributed by atoms with Gasteiger partial charge < -0.3 is 10.3 Å². The number of nitrogens with one attached hydrogen (secondary N) is 1. The molecule has 0 unspecified atom stereocenters. The van der Waals surface area contributed by atoms with Crippen LogP contribution in [0.1, 0.15) is 20.8 Å². The van der Waals surface area contributed by atoms with Crippen molar-refractivity contribution in [2.24, 2.45) is 5.92 Å². The number of nitrogens with zero attached hydrogens (tertiary/aromatic N) is 3. The first-order valence-corrected chi connectivity index (χ1v) is 5.94. The molecule has 0 aromatic carbocycles. The fraction of sp³-hybridized carbons (Fsp3) is 0.545. The smallest absolute Gasteiger partial charge is 0.330 e. The van der Waals surface area contributed by atoms with Gasteiger partial charge in [0.1, 0.15) is 0 Å². The number of aromatic amines is 1. The summed E-state index contributed by atoms with van der Waals surface area (Å²) in [6.45, 7) is 6.87. The first-order valence-electron chi connectivity index (χ1n) is 5.94. The minimum atomic E-state index is -0.443. The lowest BCUT2D eigenvalue weighted by Gasteiger charge is -2.08. The van der Waals surface area contributed by atoms with Crippen molar-refractivity contribution < 1.29 is 0 Å². The van der Waals surface area contributed by atoms with Gasteiger partial charge >= 0.3 is 5.69 Å². The SMILES string of the molecule is CCn1c(N)nc2c1c(=O)[nH]c(=O)n2CC(C)C. The number of H-pyrrole nitrogens is 1. The van der Waals surface area contributed by atoms with E-state index in [9.17, 15) is 9.59 Å². The number of hydrogen-bond donors (Lipinski definition) is 2. The highest BCUT2D eigenvalue weighted by molar-refractivity contribution is 5.73. The second kappa shape index (κ2) is 4.32. The van der Waals surface area contributed by atoms with E-state index in [0.29, 0.717) is 24.3 Å². The van der Waals surface area contributed by atoms with Crippen molar-refractivity contribution in [1.29, 1.82) is 0 Å². The number of nitrogen functional groups attached to an aromatic ring is 1. The average molecular weight is 251 g/mol. The van der Waals surface area contributed by atoms with E-state index in [1.165, 1.54) is 4.57 Å². The monoisotopic (exact) mass is 251 g/mol. The zero-order valence-electron chi connectivity index (χ0n) is 10.7. The van der Waals surface area contributed by atoms with Gasteiger partial charge in [-0.2, -0.15) is 4.98 Å². The van der Waals surface area contributed by atoms with Crippen LogP contribution in [0.2, 0.25) is 0 Å². The summed E-state index contributed by atoms with van der Waals surface area (Å²) in [5.41, 5.74) is 5.59. The molecule has 0 atom stereocenters. The highest BCUT2D eigenvalue weighted by Crippen LogP contribution is 2.13. The van der Waals surface area contributed by atoms with Crippen LogP contribution in [0, 0.1) is 5.92 Å². The predicted octanol–water partition coefficient (Wildman–Crippen LogP) is 0.144. The number of fused-ring (bicyclic) bond motifs is 1. The van der Waals surface area contributed by atoms with E-state index in [1.807, 2.05) is 20.8 Å². The molecule has 0 aliphatic heterocycles. The number of imidazole rings is 1. The molecule has 18 heavy (non-hydrogen) atoms. The molecule has 0 saturated heterocycles. The molecule has 98 valence electrons. The molecule has 2 rings (SSSR count). The van der Waals surface area contributed by atoms with Gasteiger partial charge in [-0.15, -0.1) is 0 Å². The van der Waals surface area contributed by atoms with Crippen molar-refractivity contribution >= 4 is 17.1 Å². The third kappa shape index (κ3) is 1.81. The van der Waals surface area contributed by atoms with Crippen LogP contribution in [0.25, 0.3) is 11.2 Å². The Balaban J connectivity index is 2.87. The van der Waals surface area contributed by atoms with Crippen LogP contribution in [0.5, 0.6) is 0 Å². The zero-order valence-corrected chi connectivity index (χ0v) is 10.7. The lowest BCUT2D eigenvalue weighted by atomic mass is 10.2. The molecule has 2 aromatic rings. The largest absolute Gasteiger partial charge is 0.369 e. The van der Waals surface area contributed by atoms with Crippen LogP contribution in [0.15, 0.2) is 9.59 Å². The van der Waals surface area contributed by atoms with Crippen molar-refractivity contribution in [3.05, 3.63) is 20.8 Å². The lowest BCUT2D eigenvalue weighted by Crippen LogP contribution is -2.32. The molecule has 0 fully saturated rings. The molecule has 2 aromatic heterocycles. The van der Waals surface area contributed by atoms with E-state index in [4.69, 9.17) is 5.73 Å². The third-order valence-electron chi connectivity index (χ3n) is 2.78. The van der Waals surface area contributed by atoms with Crippen LogP contribution >= 0.6 is 0 Å². The minimum Gasteiger partial charge on any atom is -0.369 e. The molecule has 0 radical (unpaired) electrons. The average Bonchev–Trinajstić information content (AvgIpc) is 2.61. The Morgan fingerprint density at radius 3 is 2.56 bits per heavy atom. The normalized spacial score (nSPS) is 11.6. The number of rotatable bonds is 3. The fourth-order valence-corrected chi connectivity index (χ4v) is 2.04. The van der Waals surface area contributed by atoms with Crippen molar-refractivity contribution in [3.8, 4) is 0 Å². The molecule has 0 saturated carbocycles. The number of hydrogen-bond acceptors (Lipinski definition) is 4. The second-order valence-electron chi connectivity index (χ2n) is 4.65. The molecular formula is C11H17N5O2. The summed E-state index contributed by atoms with van der Waals surface area (Å²) in [7, 11) is 0. The molecule has 0 aliphatic carbocycles. The van der Waals surface area contributed by atoms with Crippen molar-refractivity contribution in [3.63, 3.8) is 0 Å². The number of aromatic nitrogens is 4. The highest BCUT2D eigenvalue weighted by Gasteiger charge is 2.16. The predicted molar refractivity (Wildman–Crippen MR) is 69.5 cm³/mol. The van der Waals surface area contributed by atoms with E-state index in [-0.39, 0.29) is 11.9 Å². The van der Waals surface area contributed by atoms with Crippen LogP contribution in [-0.2, 0) is 13.1 Å². The molecule has 7 heteroatoms. The second-order valence-corrected chi connectivity index (χ2v) is 4.65. The van der Waals surface area contributed by atoms with Gasteiger partial charge in [0.2, 0.25) is 5.95 Å². The number of anilines is 1. The minimum absolute atomic E-state index is 0.251. The Morgan fingerprint density at radius 1 is 1.33 bits per heavy atom. The third-order valence-corrected chi connectivity index (χ3v) is 2.78. The molecule has 3 N–H and O–H groups in total. The first kappa shape index (κ1) is 12.4. The summed E-state index contributed by atoms with van der Waals surface area (Å²) in [6, 6.07) is 0. The Morgan fingerprint density at radius 2 is 2.00 bits per heavy atom. The standard InChI is InChI=1S/C11H17N5O2/c1-4-15-7-8(13-10(15)12)16(5-6(2)3)11(18)14-9(7)17/h6H,4-5H2,1-3H3,(H2,12,13)(H,14,17,18). The van der Waals surface area contributed by atoms with Crippen LogP contribution < -0.4 is 17.0 Å². The summed E-state index contributed by atoms with van der Waals surface area (Å²) in [5, 5.41) is 0. The maximum Gasteiger partial charge on any atom is 0.330 e. The number of nitrogens with two attached hydrogens (primary N) is 1. The van der Waals surface area contributed by atoms with Gasteiger partial charge in [-0.1, -0.05) is 13.8 Å². The Bertz CT molecular complexity index is 692. The first-order chi connectivity index (χ1) is 8.45. The van der Waals surface area contributed by atoms with E-state index >= 15 is 0 Å². The molecule has 0 aliphatic rings. The van der Waals surface area contributed by atoms with Gasteiger partial charge in [0.05, 0.1) is 0 Å². The van der Waals surface area contributed by atoms with Crippen molar-refractivity contribution in [2.45, 2.75) is 33.9 Å². The van der Waals surface area contributed by atoms with Gasteiger partial charge in [-0.05, 0) is 12.8 Å². The molecule has 0 spiro atoms. The zero-order chi connectivity index (χ0) is 13.4. The van der Waals surface area contributed by atoms with Crippen LogP contribution in [-0.4, -0.2) is 19.1 Å². The summed E-state index contributed by atoms with van der Waals surface area (Å²) in [5.74, 6) is 0.519. The van der Waals surface area contributed by atoms with Gasteiger partial charge in [-0.25, -0.2) is 4.79 Å². The van der Waals surface area contributed by atoms with Gasteiger partial charge in [0.15, 0.2) is 11.2 Å². The van der Waals surface area contributed by atoms with E-state index in [0.717, 1.165) is 0 Å². The highest BCUT2D eigenvalue weighted by atomic mass is 16.2. The molecule has 2 heterocycles. The molecule has 7 nitrogen and oxygen atoms in total. The molecular weight excluding hydrogens is 234 g/mol. The Hall–Kier alpha value is -2.05. The topological polar surface area (TPSA) is 98.7 Å². The van der Waals surface area contributed by atoms with Gasteiger partial charge in [-0.3, -0.25) is 14.3 Å². The van der Waals surface area contributed by atoms with Crippen LogP contribution in [0.3, 0.4) is 0 Å². The fourth-order valence-electron chi connectivity index (χ4n) is 2.04. The van der Waals surface area contributed by atoms with Crippen LogP contribution in [0.4, 0.5) is 5.95 Å². The summed E-state index contributed by atoms with van der Waals surface area (Å²) in [6.07, 6.45) is 0. The van der Waals surface area contributed by atoms with E-state index < -0.39 is 11.2 Å². The van der Waals surface area contributed by atoms with Gasteiger partial charge in [0, 0.05) is 13.1 Å².